The predicted octanol–water partition coefficient (Wildman–Crippen LogP) is 3.82. The smallest absolute Gasteiger partial charge is 0.198 e. The lowest BCUT2D eigenvalue weighted by Crippen LogP contribution is -2.07. The first-order valence-electron chi connectivity index (χ1n) is 5.47. The molecule has 2 aromatic rings. The van der Waals surface area contributed by atoms with E-state index in [2.05, 4.69) is 0 Å². The van der Waals surface area contributed by atoms with Gasteiger partial charge >= 0.3 is 0 Å². The van der Waals surface area contributed by atoms with Crippen LogP contribution in [0, 0.1) is 0 Å². The van der Waals surface area contributed by atoms with E-state index >= 15 is 0 Å². The van der Waals surface area contributed by atoms with Crippen LogP contribution in [0.4, 0.5) is 5.69 Å². The Bertz CT molecular complexity index is 641. The highest BCUT2D eigenvalue weighted by Gasteiger charge is 2.19. The summed E-state index contributed by atoms with van der Waals surface area (Å²) in [5.74, 6) is 0.0127. The first-order chi connectivity index (χ1) is 9.04. The average molecular weight is 296 g/mol. The molecule has 0 aliphatic carbocycles. The summed E-state index contributed by atoms with van der Waals surface area (Å²) >= 11 is 11.9. The Kier molecular flexibility index (Phi) is 3.98. The molecular weight excluding hydrogens is 285 g/mol. The molecule has 0 amide bonds. The summed E-state index contributed by atoms with van der Waals surface area (Å²) in [5, 5.41) is 0.650. The Balaban J connectivity index is 2.59. The quantitative estimate of drug-likeness (QED) is 0.692. The summed E-state index contributed by atoms with van der Waals surface area (Å²) < 4.78 is 5.16. The second-order valence-corrected chi connectivity index (χ2v) is 4.73. The van der Waals surface area contributed by atoms with Crippen molar-refractivity contribution in [1.29, 1.82) is 0 Å². The number of anilines is 1. The molecule has 0 heterocycles. The summed E-state index contributed by atoms with van der Waals surface area (Å²) in [7, 11) is 1.44. The molecule has 2 N–H and O–H groups in total. The van der Waals surface area contributed by atoms with Crippen LogP contribution in [-0.4, -0.2) is 12.9 Å². The van der Waals surface area contributed by atoms with E-state index in [1.54, 1.807) is 24.3 Å². The highest BCUT2D eigenvalue weighted by Crippen LogP contribution is 2.34. The Hall–Kier alpha value is -1.71. The van der Waals surface area contributed by atoms with Gasteiger partial charge in [0.2, 0.25) is 0 Å². The molecule has 2 aromatic carbocycles. The summed E-state index contributed by atoms with van der Waals surface area (Å²) in [6.07, 6.45) is 0. The van der Waals surface area contributed by atoms with E-state index in [0.717, 1.165) is 0 Å². The number of para-hydroxylation sites is 1. The molecule has 0 aliphatic rings. The Labute approximate surface area is 120 Å². The van der Waals surface area contributed by atoms with Gasteiger partial charge in [0.05, 0.1) is 17.7 Å². The van der Waals surface area contributed by atoms with Gasteiger partial charge in [-0.2, -0.15) is 0 Å². The van der Waals surface area contributed by atoms with Crippen molar-refractivity contribution in [3.8, 4) is 5.75 Å². The number of carbonyl (C=O) groups is 1. The number of benzene rings is 2. The highest BCUT2D eigenvalue weighted by molar-refractivity contribution is 6.36. The van der Waals surface area contributed by atoms with Crippen LogP contribution >= 0.6 is 23.2 Å². The number of ether oxygens (including phenoxy) is 1. The van der Waals surface area contributed by atoms with Gasteiger partial charge in [0.25, 0.3) is 0 Å². The highest BCUT2D eigenvalue weighted by atomic mass is 35.5. The number of rotatable bonds is 3. The van der Waals surface area contributed by atoms with Gasteiger partial charge in [-0.25, -0.2) is 0 Å². The van der Waals surface area contributed by atoms with Gasteiger partial charge in [0.15, 0.2) is 5.78 Å². The van der Waals surface area contributed by atoms with Crippen molar-refractivity contribution in [3.63, 3.8) is 0 Å². The van der Waals surface area contributed by atoms with Crippen LogP contribution in [0.5, 0.6) is 5.75 Å². The van der Waals surface area contributed by atoms with E-state index in [4.69, 9.17) is 33.7 Å². The molecule has 19 heavy (non-hydrogen) atoms. The summed E-state index contributed by atoms with van der Waals surface area (Å²) in [6.45, 7) is 0. The first kappa shape index (κ1) is 13.7. The fraction of sp³-hybridized carbons (Fsp3) is 0.0714. The second-order valence-electron chi connectivity index (χ2n) is 3.88. The van der Waals surface area contributed by atoms with Crippen LogP contribution in [0.15, 0.2) is 36.4 Å². The van der Waals surface area contributed by atoms with E-state index in [1.165, 1.54) is 19.2 Å². The van der Waals surface area contributed by atoms with Crippen molar-refractivity contribution in [2.45, 2.75) is 0 Å². The molecule has 0 fully saturated rings. The molecule has 0 saturated heterocycles. The minimum absolute atomic E-state index is 0.278. The molecule has 0 unspecified atom stereocenters. The zero-order valence-corrected chi connectivity index (χ0v) is 11.6. The molecule has 0 aromatic heterocycles. The van der Waals surface area contributed by atoms with Crippen LogP contribution in [0.1, 0.15) is 15.9 Å². The molecule has 98 valence electrons. The van der Waals surface area contributed by atoms with E-state index < -0.39 is 0 Å². The monoisotopic (exact) mass is 295 g/mol. The standard InChI is InChI=1S/C14H11Cl2NO2/c1-19-14-10(6-8(15)7-11(14)16)13(18)9-4-2-3-5-12(9)17/h2-7H,17H2,1H3. The summed E-state index contributed by atoms with van der Waals surface area (Å²) in [6, 6.07) is 9.84. The van der Waals surface area contributed by atoms with Crippen LogP contribution < -0.4 is 10.5 Å². The fourth-order valence-electron chi connectivity index (χ4n) is 1.79. The average Bonchev–Trinajstić information content (AvgIpc) is 2.37. The third kappa shape index (κ3) is 2.67. The zero-order valence-electron chi connectivity index (χ0n) is 10.1. The maximum absolute atomic E-state index is 12.5. The van der Waals surface area contributed by atoms with Gasteiger partial charge in [0.1, 0.15) is 5.75 Å². The minimum Gasteiger partial charge on any atom is -0.494 e. The van der Waals surface area contributed by atoms with Crippen molar-refractivity contribution in [2.75, 3.05) is 12.8 Å². The van der Waals surface area contributed by atoms with Crippen LogP contribution in [0.2, 0.25) is 10.0 Å². The fourth-order valence-corrected chi connectivity index (χ4v) is 2.36. The van der Waals surface area contributed by atoms with Crippen molar-refractivity contribution in [2.24, 2.45) is 0 Å². The summed E-state index contributed by atoms with van der Waals surface area (Å²) in [5.41, 5.74) is 6.87. The van der Waals surface area contributed by atoms with Crippen molar-refractivity contribution in [1.82, 2.24) is 0 Å². The molecule has 0 saturated carbocycles. The largest absolute Gasteiger partial charge is 0.494 e. The maximum Gasteiger partial charge on any atom is 0.198 e. The minimum atomic E-state index is -0.278. The van der Waals surface area contributed by atoms with Gasteiger partial charge in [0, 0.05) is 16.3 Å². The third-order valence-corrected chi connectivity index (χ3v) is 3.16. The Morgan fingerprint density at radius 2 is 1.84 bits per heavy atom. The van der Waals surface area contributed by atoms with Crippen LogP contribution in [-0.2, 0) is 0 Å². The number of hydrogen-bond acceptors (Lipinski definition) is 3. The van der Waals surface area contributed by atoms with Crippen molar-refractivity contribution >= 4 is 34.7 Å². The molecule has 0 bridgehead atoms. The van der Waals surface area contributed by atoms with Crippen molar-refractivity contribution in [3.05, 3.63) is 57.6 Å². The maximum atomic E-state index is 12.5. The molecule has 0 atom stereocenters. The number of carbonyl (C=O) groups excluding carboxylic acids is 1. The number of hydrogen-bond donors (Lipinski definition) is 1. The number of nitrogens with two attached hydrogens (primary N) is 1. The molecule has 0 spiro atoms. The molecule has 3 nitrogen and oxygen atoms in total. The lowest BCUT2D eigenvalue weighted by atomic mass is 10.0. The Morgan fingerprint density at radius 3 is 2.47 bits per heavy atom. The van der Waals surface area contributed by atoms with Crippen LogP contribution in [0.3, 0.4) is 0 Å². The predicted molar refractivity (Wildman–Crippen MR) is 77.3 cm³/mol. The first-order valence-corrected chi connectivity index (χ1v) is 6.22. The molecule has 2 rings (SSSR count). The van der Waals surface area contributed by atoms with Gasteiger partial charge in [-0.1, -0.05) is 35.3 Å². The third-order valence-electron chi connectivity index (χ3n) is 2.66. The molecular formula is C14H11Cl2NO2. The number of ketones is 1. The number of nitrogen functional groups attached to an aromatic ring is 1. The van der Waals surface area contributed by atoms with Crippen LogP contribution in [0.25, 0.3) is 0 Å². The molecule has 0 radical (unpaired) electrons. The lowest BCUT2D eigenvalue weighted by Gasteiger charge is -2.11. The van der Waals surface area contributed by atoms with Gasteiger partial charge in [-0.3, -0.25) is 4.79 Å². The van der Waals surface area contributed by atoms with Crippen molar-refractivity contribution < 1.29 is 9.53 Å². The summed E-state index contributed by atoms with van der Waals surface area (Å²) in [4.78, 5) is 12.5. The second kappa shape index (κ2) is 5.51. The lowest BCUT2D eigenvalue weighted by molar-refractivity contribution is 0.103. The Morgan fingerprint density at radius 1 is 1.16 bits per heavy atom. The number of halogens is 2. The van der Waals surface area contributed by atoms with Gasteiger partial charge in [-0.15, -0.1) is 0 Å². The van der Waals surface area contributed by atoms with E-state index in [-0.39, 0.29) is 16.4 Å². The zero-order chi connectivity index (χ0) is 14.0. The van der Waals surface area contributed by atoms with Gasteiger partial charge < -0.3 is 10.5 Å². The topological polar surface area (TPSA) is 52.3 Å². The van der Waals surface area contributed by atoms with E-state index in [1.807, 2.05) is 0 Å². The normalized spacial score (nSPS) is 10.3. The SMILES string of the molecule is COc1c(Cl)cc(Cl)cc1C(=O)c1ccccc1N. The van der Waals surface area contributed by atoms with Gasteiger partial charge in [-0.05, 0) is 24.3 Å². The number of methoxy groups -OCH3 is 1. The molecule has 0 aliphatic heterocycles. The van der Waals surface area contributed by atoms with E-state index in [0.29, 0.717) is 22.0 Å². The molecule has 5 heteroatoms. The van der Waals surface area contributed by atoms with E-state index in [9.17, 15) is 4.79 Å².